The van der Waals surface area contributed by atoms with E-state index in [0.29, 0.717) is 5.92 Å². The zero-order chi connectivity index (χ0) is 16.1. The summed E-state index contributed by atoms with van der Waals surface area (Å²) in [4.78, 5) is 15.0. The number of ether oxygens (including phenoxy) is 1. The van der Waals surface area contributed by atoms with Crippen molar-refractivity contribution in [2.75, 3.05) is 32.8 Å². The van der Waals surface area contributed by atoms with Crippen LogP contribution in [0, 0.1) is 0 Å². The number of benzene rings is 2. The Morgan fingerprint density at radius 3 is 2.46 bits per heavy atom. The summed E-state index contributed by atoms with van der Waals surface area (Å²) in [5.74, 6) is 0.489. The van der Waals surface area contributed by atoms with Gasteiger partial charge in [0.15, 0.2) is 5.78 Å². The monoisotopic (exact) mass is 347 g/mol. The maximum atomic E-state index is 12.6. The lowest BCUT2D eigenvalue weighted by Crippen LogP contribution is -2.38. The molecule has 4 heteroatoms. The van der Waals surface area contributed by atoms with Crippen molar-refractivity contribution in [3.8, 4) is 0 Å². The summed E-state index contributed by atoms with van der Waals surface area (Å²) in [5.41, 5.74) is 2.73. The number of carbonyl (C=O) groups is 1. The first-order valence-corrected chi connectivity index (χ1v) is 8.24. The van der Waals surface area contributed by atoms with Crippen molar-refractivity contribution in [3.63, 3.8) is 0 Å². The summed E-state index contributed by atoms with van der Waals surface area (Å²) in [6, 6.07) is 17.5. The van der Waals surface area contributed by atoms with Crippen LogP contribution < -0.4 is 0 Å². The van der Waals surface area contributed by atoms with Gasteiger partial charge < -0.3 is 4.74 Å². The second-order valence-corrected chi connectivity index (χ2v) is 6.13. The molecule has 0 aromatic heterocycles. The number of morpholine rings is 1. The quantitative estimate of drug-likeness (QED) is 0.765. The second-order valence-electron chi connectivity index (χ2n) is 6.13. The zero-order valence-electron chi connectivity index (χ0n) is 14.0. The molecule has 1 unspecified atom stereocenters. The van der Waals surface area contributed by atoms with E-state index in [1.54, 1.807) is 0 Å². The van der Waals surface area contributed by atoms with Crippen LogP contribution in [0.5, 0.6) is 0 Å². The van der Waals surface area contributed by atoms with Crippen LogP contribution in [-0.2, 0) is 4.74 Å². The van der Waals surface area contributed by atoms with Crippen LogP contribution in [0.4, 0.5) is 0 Å². The van der Waals surface area contributed by atoms with Gasteiger partial charge in [0, 0.05) is 32.2 Å². The highest BCUT2D eigenvalue weighted by atomic mass is 35.5. The highest BCUT2D eigenvalue weighted by Gasteiger charge is 2.16. The van der Waals surface area contributed by atoms with Crippen LogP contribution in [0.15, 0.2) is 54.6 Å². The predicted octanol–water partition coefficient (Wildman–Crippen LogP) is 4.02. The van der Waals surface area contributed by atoms with E-state index in [1.807, 2.05) is 48.5 Å². The highest BCUT2D eigenvalue weighted by Crippen LogP contribution is 2.20. The van der Waals surface area contributed by atoms with E-state index in [-0.39, 0.29) is 19.6 Å². The van der Waals surface area contributed by atoms with Gasteiger partial charge in [0.25, 0.3) is 0 Å². The van der Waals surface area contributed by atoms with E-state index in [4.69, 9.17) is 4.74 Å². The van der Waals surface area contributed by atoms with Crippen molar-refractivity contribution in [2.24, 2.45) is 0 Å². The average molecular weight is 348 g/mol. The van der Waals surface area contributed by atoms with Crippen molar-refractivity contribution in [3.05, 3.63) is 71.3 Å². The molecule has 2 aromatic carbocycles. The number of nitrogens with zero attached hydrogens (tertiary/aromatic N) is 1. The molecule has 1 aliphatic heterocycles. The molecule has 0 aliphatic carbocycles. The fourth-order valence-electron chi connectivity index (χ4n) is 3.02. The van der Waals surface area contributed by atoms with Crippen LogP contribution in [0.2, 0.25) is 0 Å². The fourth-order valence-corrected chi connectivity index (χ4v) is 3.02. The largest absolute Gasteiger partial charge is 0.379 e. The molecule has 0 N–H and O–H groups in total. The first-order valence-electron chi connectivity index (χ1n) is 8.24. The van der Waals surface area contributed by atoms with E-state index in [9.17, 15) is 4.79 Å². The molecule has 130 valence electrons. The minimum atomic E-state index is 0. The molecule has 0 saturated carbocycles. The molecular formula is C20H26ClNO2. The Labute approximate surface area is 151 Å². The number of rotatable bonds is 5. The van der Waals surface area contributed by atoms with Gasteiger partial charge in [-0.1, -0.05) is 55.5 Å². The lowest BCUT2D eigenvalue weighted by atomic mass is 9.95. The third-order valence-electron chi connectivity index (χ3n) is 4.39. The number of hydrogen-bond acceptors (Lipinski definition) is 3. The predicted molar refractivity (Wildman–Crippen MR) is 101 cm³/mol. The van der Waals surface area contributed by atoms with Crippen LogP contribution in [0.3, 0.4) is 0 Å². The van der Waals surface area contributed by atoms with E-state index in [1.165, 1.54) is 5.56 Å². The van der Waals surface area contributed by atoms with Crippen molar-refractivity contribution in [2.45, 2.75) is 12.8 Å². The van der Waals surface area contributed by atoms with E-state index in [0.717, 1.165) is 44.0 Å². The van der Waals surface area contributed by atoms with Gasteiger partial charge in [0.05, 0.1) is 13.2 Å². The fraction of sp³-hybridized carbons (Fsp3) is 0.350. The van der Waals surface area contributed by atoms with Crippen molar-refractivity contribution in [1.82, 2.24) is 4.90 Å². The Bertz CT molecular complexity index is 660. The highest BCUT2D eigenvalue weighted by molar-refractivity contribution is 6.09. The van der Waals surface area contributed by atoms with Gasteiger partial charge in [-0.25, -0.2) is 0 Å². The van der Waals surface area contributed by atoms with Crippen LogP contribution in [0.25, 0.3) is 0 Å². The minimum absolute atomic E-state index is 0. The zero-order valence-corrected chi connectivity index (χ0v) is 14.8. The maximum Gasteiger partial charge on any atom is 0.193 e. The molecular weight excluding hydrogens is 322 g/mol. The topological polar surface area (TPSA) is 29.5 Å². The lowest BCUT2D eigenvalue weighted by Gasteiger charge is -2.29. The molecule has 24 heavy (non-hydrogen) atoms. The van der Waals surface area contributed by atoms with Crippen LogP contribution in [0.1, 0.15) is 35.8 Å². The van der Waals surface area contributed by atoms with E-state index < -0.39 is 0 Å². The molecule has 1 heterocycles. The van der Waals surface area contributed by atoms with Crippen molar-refractivity contribution < 1.29 is 11.0 Å². The average Bonchev–Trinajstić information content (AvgIpc) is 2.63. The number of ketones is 1. The second kappa shape index (κ2) is 8.97. The minimum Gasteiger partial charge on any atom is -0.379 e. The summed E-state index contributed by atoms with van der Waals surface area (Å²) in [6.45, 7) is 6.85. The lowest BCUT2D eigenvalue weighted by molar-refractivity contribution is 0.0357. The van der Waals surface area contributed by atoms with E-state index >= 15 is 0 Å². The standard InChI is InChI=1S/C20H23NO2.ClH.H2/c1-16(15-21-10-12-23-13-11-21)18-8-5-9-19(14-18)20(22)17-6-3-2-4-7-17;;/h2-9,14,16H,10-13,15H2,1H3;2*1H. The van der Waals surface area contributed by atoms with Crippen LogP contribution >= 0.6 is 12.4 Å². The van der Waals surface area contributed by atoms with E-state index in [2.05, 4.69) is 17.9 Å². The van der Waals surface area contributed by atoms with Gasteiger partial charge in [-0.2, -0.15) is 0 Å². The number of hydrogen-bond donors (Lipinski definition) is 0. The van der Waals surface area contributed by atoms with Crippen LogP contribution in [-0.4, -0.2) is 43.5 Å². The van der Waals surface area contributed by atoms with Gasteiger partial charge in [0.1, 0.15) is 0 Å². The van der Waals surface area contributed by atoms with Gasteiger partial charge in [-0.05, 0) is 17.5 Å². The maximum absolute atomic E-state index is 12.6. The molecule has 1 saturated heterocycles. The first kappa shape index (κ1) is 18.7. The third kappa shape index (κ3) is 4.67. The number of halogens is 1. The van der Waals surface area contributed by atoms with Crippen molar-refractivity contribution in [1.29, 1.82) is 0 Å². The summed E-state index contributed by atoms with van der Waals surface area (Å²) in [5, 5.41) is 0. The Morgan fingerprint density at radius 1 is 1.08 bits per heavy atom. The van der Waals surface area contributed by atoms with Crippen molar-refractivity contribution >= 4 is 18.2 Å². The molecule has 1 atom stereocenters. The summed E-state index contributed by atoms with van der Waals surface area (Å²) in [6.07, 6.45) is 0. The Balaban J connectivity index is 0.00000156. The Kier molecular flexibility index (Phi) is 6.98. The molecule has 1 fully saturated rings. The first-order chi connectivity index (χ1) is 11.2. The normalized spacial score (nSPS) is 16.2. The van der Waals surface area contributed by atoms with Gasteiger partial charge in [-0.15, -0.1) is 12.4 Å². The molecule has 3 nitrogen and oxygen atoms in total. The smallest absolute Gasteiger partial charge is 0.193 e. The summed E-state index contributed by atoms with van der Waals surface area (Å²) in [7, 11) is 0. The molecule has 3 rings (SSSR count). The summed E-state index contributed by atoms with van der Waals surface area (Å²) < 4.78 is 5.40. The molecule has 1 aliphatic rings. The Morgan fingerprint density at radius 2 is 1.75 bits per heavy atom. The van der Waals surface area contributed by atoms with Gasteiger partial charge in [-0.3, -0.25) is 9.69 Å². The Hall–Kier alpha value is -1.68. The molecule has 0 bridgehead atoms. The molecule has 0 radical (unpaired) electrons. The molecule has 0 amide bonds. The molecule has 0 spiro atoms. The molecule has 2 aromatic rings. The summed E-state index contributed by atoms with van der Waals surface area (Å²) >= 11 is 0. The SMILES string of the molecule is CC(CN1CCOCC1)c1cccc(C(=O)c2ccccc2)c1.Cl.[HH]. The third-order valence-corrected chi connectivity index (χ3v) is 4.39. The van der Waals surface area contributed by atoms with Gasteiger partial charge >= 0.3 is 0 Å². The van der Waals surface area contributed by atoms with Gasteiger partial charge in [0.2, 0.25) is 0 Å². The number of carbonyl (C=O) groups excluding carboxylic acids is 1.